The number of nitrogens with one attached hydrogen (secondary N) is 1. The van der Waals surface area contributed by atoms with Crippen LogP contribution in [0.4, 0.5) is 5.69 Å². The first-order valence-corrected chi connectivity index (χ1v) is 7.65. The van der Waals surface area contributed by atoms with Crippen LogP contribution in [0.1, 0.15) is 6.42 Å². The average molecular weight is 331 g/mol. The molecule has 3 rings (SSSR count). The number of anilines is 1. The van der Waals surface area contributed by atoms with Crippen LogP contribution in [0.15, 0.2) is 46.9 Å². The van der Waals surface area contributed by atoms with Gasteiger partial charge in [0.2, 0.25) is 11.1 Å². The van der Waals surface area contributed by atoms with E-state index in [4.69, 9.17) is 5.84 Å². The van der Waals surface area contributed by atoms with Crippen LogP contribution in [0, 0.1) is 0 Å². The molecule has 2 amide bonds. The summed E-state index contributed by atoms with van der Waals surface area (Å²) >= 11 is 1.14. The van der Waals surface area contributed by atoms with Crippen LogP contribution in [0.25, 0.3) is 0 Å². The Labute approximate surface area is 135 Å². The van der Waals surface area contributed by atoms with Crippen molar-refractivity contribution >= 4 is 35.1 Å². The molecule has 1 aromatic carbocycles. The summed E-state index contributed by atoms with van der Waals surface area (Å²) < 4.78 is 1.23. The fourth-order valence-electron chi connectivity index (χ4n) is 1.93. The molecule has 0 radical (unpaired) electrons. The standard InChI is InChI=1S/C13H13N7O2S/c14-19-8-15-17-13(19)23-7-11(21)16-10-6-12(22)20(18-10)9-4-2-1-3-5-9/h1-5,8H,6-7,14H2,(H,16,18,21). The number of carbonyl (C=O) groups is 2. The number of nitrogen functional groups attached to an aromatic ring is 1. The number of aromatic nitrogens is 3. The van der Waals surface area contributed by atoms with E-state index < -0.39 is 0 Å². The highest BCUT2D eigenvalue weighted by molar-refractivity contribution is 7.99. The largest absolute Gasteiger partial charge is 0.336 e. The molecule has 3 N–H and O–H groups in total. The van der Waals surface area contributed by atoms with Gasteiger partial charge in [0.15, 0.2) is 0 Å². The van der Waals surface area contributed by atoms with Crippen molar-refractivity contribution in [3.63, 3.8) is 0 Å². The zero-order valence-corrected chi connectivity index (χ0v) is 12.7. The van der Waals surface area contributed by atoms with Crippen molar-refractivity contribution in [1.29, 1.82) is 0 Å². The van der Waals surface area contributed by atoms with Gasteiger partial charge in [-0.2, -0.15) is 10.1 Å². The molecule has 0 saturated heterocycles. The Hall–Kier alpha value is -2.88. The molecule has 0 atom stereocenters. The molecule has 2 heterocycles. The minimum atomic E-state index is -0.292. The highest BCUT2D eigenvalue weighted by atomic mass is 32.2. The van der Waals surface area contributed by atoms with Crippen LogP contribution in [-0.4, -0.2) is 38.3 Å². The molecule has 0 saturated carbocycles. The van der Waals surface area contributed by atoms with Crippen molar-refractivity contribution in [2.75, 3.05) is 16.6 Å². The van der Waals surface area contributed by atoms with E-state index in [2.05, 4.69) is 20.6 Å². The second-order valence-corrected chi connectivity index (χ2v) is 5.56. The van der Waals surface area contributed by atoms with Crippen molar-refractivity contribution < 1.29 is 9.59 Å². The third-order valence-corrected chi connectivity index (χ3v) is 3.89. The van der Waals surface area contributed by atoms with E-state index >= 15 is 0 Å². The molecule has 1 aliphatic rings. The highest BCUT2D eigenvalue weighted by Gasteiger charge is 2.26. The van der Waals surface area contributed by atoms with Crippen molar-refractivity contribution in [2.45, 2.75) is 11.6 Å². The van der Waals surface area contributed by atoms with Crippen molar-refractivity contribution in [1.82, 2.24) is 20.2 Å². The predicted molar refractivity (Wildman–Crippen MR) is 85.0 cm³/mol. The number of para-hydroxylation sites is 1. The van der Waals surface area contributed by atoms with Gasteiger partial charge >= 0.3 is 0 Å². The molecule has 0 spiro atoms. The van der Waals surface area contributed by atoms with Crippen LogP contribution in [0.3, 0.4) is 0 Å². The Morgan fingerprint density at radius 3 is 2.83 bits per heavy atom. The first-order valence-electron chi connectivity index (χ1n) is 6.67. The Kier molecular flexibility index (Phi) is 4.24. The third-order valence-electron chi connectivity index (χ3n) is 2.93. The van der Waals surface area contributed by atoms with Gasteiger partial charge in [-0.3, -0.25) is 9.59 Å². The maximum Gasteiger partial charge on any atom is 0.255 e. The Morgan fingerprint density at radius 1 is 1.35 bits per heavy atom. The quantitative estimate of drug-likeness (QED) is 0.599. The summed E-state index contributed by atoms with van der Waals surface area (Å²) in [6.45, 7) is 0. The Balaban J connectivity index is 1.59. The predicted octanol–water partition coefficient (Wildman–Crippen LogP) is -0.0494. The van der Waals surface area contributed by atoms with E-state index in [1.54, 1.807) is 12.1 Å². The molecule has 0 unspecified atom stereocenters. The van der Waals surface area contributed by atoms with E-state index in [-0.39, 0.29) is 24.0 Å². The lowest BCUT2D eigenvalue weighted by Crippen LogP contribution is -2.31. The topological polar surface area (TPSA) is 118 Å². The van der Waals surface area contributed by atoms with E-state index in [0.717, 1.165) is 11.8 Å². The summed E-state index contributed by atoms with van der Waals surface area (Å²) in [6.07, 6.45) is 1.40. The van der Waals surface area contributed by atoms with Crippen LogP contribution in [0.2, 0.25) is 0 Å². The molecule has 10 heteroatoms. The minimum absolute atomic E-state index is 0.0539. The van der Waals surface area contributed by atoms with Crippen LogP contribution < -0.4 is 16.2 Å². The van der Waals surface area contributed by atoms with Crippen molar-refractivity contribution in [3.8, 4) is 0 Å². The smallest absolute Gasteiger partial charge is 0.255 e. The first kappa shape index (κ1) is 15.0. The summed E-state index contributed by atoms with van der Waals surface area (Å²) in [4.78, 5) is 23.9. The number of amides is 2. The molecule has 9 nitrogen and oxygen atoms in total. The molecule has 23 heavy (non-hydrogen) atoms. The maximum absolute atomic E-state index is 12.0. The maximum atomic E-state index is 12.0. The molecule has 0 aliphatic carbocycles. The fraction of sp³-hybridized carbons (Fsp3) is 0.154. The monoisotopic (exact) mass is 331 g/mol. The number of benzene rings is 1. The number of amidine groups is 1. The average Bonchev–Trinajstić information content (AvgIpc) is 3.12. The van der Waals surface area contributed by atoms with Gasteiger partial charge in [-0.1, -0.05) is 30.0 Å². The second-order valence-electron chi connectivity index (χ2n) is 4.62. The molecule has 1 aliphatic heterocycles. The molecular formula is C13H13N7O2S. The number of hydrogen-bond donors (Lipinski definition) is 2. The zero-order chi connectivity index (χ0) is 16.2. The van der Waals surface area contributed by atoms with Gasteiger partial charge in [0.25, 0.3) is 5.91 Å². The van der Waals surface area contributed by atoms with Crippen LogP contribution in [-0.2, 0) is 9.59 Å². The number of hydrogen-bond acceptors (Lipinski definition) is 7. The van der Waals surface area contributed by atoms with Gasteiger partial charge in [-0.15, -0.1) is 10.2 Å². The number of hydrazone groups is 1. The fourth-order valence-corrected chi connectivity index (χ4v) is 2.57. The minimum Gasteiger partial charge on any atom is -0.336 e. The summed E-state index contributed by atoms with van der Waals surface area (Å²) in [5.41, 5.74) is 0.660. The normalized spacial score (nSPS) is 14.0. The molecule has 0 fully saturated rings. The summed E-state index contributed by atoms with van der Waals surface area (Å²) in [7, 11) is 0. The van der Waals surface area contributed by atoms with Gasteiger partial charge in [0, 0.05) is 0 Å². The lowest BCUT2D eigenvalue weighted by Gasteiger charge is -2.10. The van der Waals surface area contributed by atoms with Crippen LogP contribution in [0.5, 0.6) is 0 Å². The van der Waals surface area contributed by atoms with Crippen molar-refractivity contribution in [2.24, 2.45) is 5.10 Å². The van der Waals surface area contributed by atoms with Gasteiger partial charge in [0.1, 0.15) is 12.2 Å². The second kappa shape index (κ2) is 6.48. The number of thioether (sulfide) groups is 1. The van der Waals surface area contributed by atoms with Gasteiger partial charge in [0.05, 0.1) is 17.9 Å². The molecular weight excluding hydrogens is 318 g/mol. The lowest BCUT2D eigenvalue weighted by molar-refractivity contribution is -0.117. The van der Waals surface area contributed by atoms with Gasteiger partial charge in [-0.05, 0) is 12.1 Å². The Bertz CT molecular complexity index is 759. The SMILES string of the molecule is Nn1cnnc1SCC(=O)NC1=NN(c2ccccc2)C(=O)C1. The van der Waals surface area contributed by atoms with E-state index in [1.165, 1.54) is 16.0 Å². The molecule has 118 valence electrons. The summed E-state index contributed by atoms with van der Waals surface area (Å²) in [5.74, 6) is 5.48. The zero-order valence-electron chi connectivity index (χ0n) is 11.9. The van der Waals surface area contributed by atoms with Crippen LogP contribution >= 0.6 is 11.8 Å². The highest BCUT2D eigenvalue weighted by Crippen LogP contribution is 2.19. The number of carbonyl (C=O) groups excluding carboxylic acids is 2. The first-order chi connectivity index (χ1) is 11.1. The molecule has 0 bridgehead atoms. The van der Waals surface area contributed by atoms with Gasteiger partial charge < -0.3 is 11.2 Å². The summed E-state index contributed by atoms with van der Waals surface area (Å²) in [5, 5.41) is 15.8. The third kappa shape index (κ3) is 3.48. The number of nitrogens with zero attached hydrogens (tertiary/aromatic N) is 5. The van der Waals surface area contributed by atoms with E-state index in [0.29, 0.717) is 16.7 Å². The molecule has 1 aromatic heterocycles. The lowest BCUT2D eigenvalue weighted by atomic mass is 10.3. The Morgan fingerprint density at radius 2 is 2.13 bits per heavy atom. The van der Waals surface area contributed by atoms with Gasteiger partial charge in [-0.25, -0.2) is 4.68 Å². The number of nitrogens with two attached hydrogens (primary N) is 1. The number of rotatable bonds is 4. The van der Waals surface area contributed by atoms with E-state index in [1.807, 2.05) is 18.2 Å². The summed E-state index contributed by atoms with van der Waals surface area (Å²) in [6, 6.07) is 9.03. The van der Waals surface area contributed by atoms with Crippen molar-refractivity contribution in [3.05, 3.63) is 36.7 Å². The molecule has 2 aromatic rings. The van der Waals surface area contributed by atoms with E-state index in [9.17, 15) is 9.59 Å².